The largest absolute Gasteiger partial charge is 0.144 e. The zero-order valence-corrected chi connectivity index (χ0v) is 10.5. The van der Waals surface area contributed by atoms with Crippen molar-refractivity contribution in [3.05, 3.63) is 15.8 Å². The van der Waals surface area contributed by atoms with Crippen LogP contribution in [0.3, 0.4) is 0 Å². The van der Waals surface area contributed by atoms with Crippen molar-refractivity contribution in [2.75, 3.05) is 5.75 Å². The fourth-order valence-electron chi connectivity index (χ4n) is 1.24. The van der Waals surface area contributed by atoms with Gasteiger partial charge in [-0.1, -0.05) is 27.7 Å². The second-order valence-corrected chi connectivity index (χ2v) is 5.85. The van der Waals surface area contributed by atoms with Crippen LogP contribution in [0.15, 0.2) is 11.0 Å². The van der Waals surface area contributed by atoms with Gasteiger partial charge in [0, 0.05) is 14.6 Å². The number of hydrogen-bond acceptors (Lipinski definition) is 2. The Bertz CT molecular complexity index is 261. The molecule has 0 aromatic carbocycles. The molecule has 1 heterocycles. The van der Waals surface area contributed by atoms with Crippen molar-refractivity contribution in [3.63, 3.8) is 0 Å². The maximum Gasteiger partial charge on any atom is 0.0214 e. The first-order valence-corrected chi connectivity index (χ1v) is 6.74. The number of thiophene rings is 1. The Hall–Kier alpha value is 0.0500. The van der Waals surface area contributed by atoms with Gasteiger partial charge in [-0.3, -0.25) is 0 Å². The minimum Gasteiger partial charge on any atom is -0.144 e. The third-order valence-corrected chi connectivity index (χ3v) is 4.65. The second kappa shape index (κ2) is 5.06. The Morgan fingerprint density at radius 3 is 2.54 bits per heavy atom. The first kappa shape index (κ1) is 11.1. The molecule has 74 valence electrons. The average Bonchev–Trinajstić information content (AvgIpc) is 2.48. The van der Waals surface area contributed by atoms with Crippen LogP contribution >= 0.6 is 23.1 Å². The molecule has 0 radical (unpaired) electrons. The summed E-state index contributed by atoms with van der Waals surface area (Å²) >= 11 is 3.96. The molecule has 0 fully saturated rings. The van der Waals surface area contributed by atoms with Crippen LogP contribution < -0.4 is 0 Å². The standard InChI is InChI=1S/C11H18S2/c1-5-9-11(12-6-2)7-10(13-9)8(3)4/h7-8H,5-6H2,1-4H3. The molecule has 0 N–H and O–H groups in total. The topological polar surface area (TPSA) is 0 Å². The zero-order chi connectivity index (χ0) is 9.84. The molecule has 1 rings (SSSR count). The van der Waals surface area contributed by atoms with Gasteiger partial charge < -0.3 is 0 Å². The molecule has 0 nitrogen and oxygen atoms in total. The third kappa shape index (κ3) is 2.75. The third-order valence-electron chi connectivity index (χ3n) is 1.98. The van der Waals surface area contributed by atoms with Gasteiger partial charge >= 0.3 is 0 Å². The smallest absolute Gasteiger partial charge is 0.0214 e. The van der Waals surface area contributed by atoms with Crippen molar-refractivity contribution in [1.29, 1.82) is 0 Å². The Morgan fingerprint density at radius 1 is 1.38 bits per heavy atom. The van der Waals surface area contributed by atoms with Gasteiger partial charge in [-0.15, -0.1) is 23.1 Å². The molecule has 0 aliphatic heterocycles. The van der Waals surface area contributed by atoms with E-state index in [4.69, 9.17) is 0 Å². The van der Waals surface area contributed by atoms with Gasteiger partial charge in [0.15, 0.2) is 0 Å². The van der Waals surface area contributed by atoms with Gasteiger partial charge in [-0.25, -0.2) is 0 Å². The summed E-state index contributed by atoms with van der Waals surface area (Å²) in [6.45, 7) is 9.00. The fraction of sp³-hybridized carbons (Fsp3) is 0.636. The molecule has 0 saturated carbocycles. The molecule has 0 unspecified atom stereocenters. The molecule has 13 heavy (non-hydrogen) atoms. The van der Waals surface area contributed by atoms with Crippen molar-refractivity contribution >= 4 is 23.1 Å². The summed E-state index contributed by atoms with van der Waals surface area (Å²) in [6.07, 6.45) is 1.18. The first-order valence-electron chi connectivity index (χ1n) is 4.94. The van der Waals surface area contributed by atoms with E-state index in [1.807, 2.05) is 23.1 Å². The van der Waals surface area contributed by atoms with Gasteiger partial charge in [-0.2, -0.15) is 0 Å². The summed E-state index contributed by atoms with van der Waals surface area (Å²) < 4.78 is 0. The minimum atomic E-state index is 0.682. The maximum absolute atomic E-state index is 2.38. The summed E-state index contributed by atoms with van der Waals surface area (Å²) in [5.41, 5.74) is 0. The molecule has 2 heteroatoms. The first-order chi connectivity index (χ1) is 6.19. The normalized spacial score (nSPS) is 11.2. The van der Waals surface area contributed by atoms with Crippen LogP contribution in [-0.2, 0) is 6.42 Å². The summed E-state index contributed by atoms with van der Waals surface area (Å²) in [6, 6.07) is 2.38. The van der Waals surface area contributed by atoms with Crippen molar-refractivity contribution in [2.45, 2.75) is 44.9 Å². The van der Waals surface area contributed by atoms with Crippen LogP contribution in [0.5, 0.6) is 0 Å². The number of hydrogen-bond donors (Lipinski definition) is 0. The molecule has 0 amide bonds. The molecule has 0 saturated heterocycles. The minimum absolute atomic E-state index is 0.682. The molecule has 0 aliphatic rings. The maximum atomic E-state index is 2.38. The van der Waals surface area contributed by atoms with Crippen molar-refractivity contribution in [2.24, 2.45) is 0 Å². The molecule has 0 bridgehead atoms. The van der Waals surface area contributed by atoms with Gasteiger partial charge in [0.25, 0.3) is 0 Å². The van der Waals surface area contributed by atoms with Crippen LogP contribution in [0, 0.1) is 0 Å². The van der Waals surface area contributed by atoms with E-state index in [9.17, 15) is 0 Å². The SMILES string of the molecule is CCSc1cc(C(C)C)sc1CC. The Labute approximate surface area is 89.7 Å². The monoisotopic (exact) mass is 214 g/mol. The van der Waals surface area contributed by atoms with E-state index in [2.05, 4.69) is 33.8 Å². The lowest BCUT2D eigenvalue weighted by Gasteiger charge is -1.96. The van der Waals surface area contributed by atoms with Gasteiger partial charge in [0.05, 0.1) is 0 Å². The zero-order valence-electron chi connectivity index (χ0n) is 8.89. The van der Waals surface area contributed by atoms with E-state index in [-0.39, 0.29) is 0 Å². The van der Waals surface area contributed by atoms with Crippen LogP contribution in [0.4, 0.5) is 0 Å². The van der Waals surface area contributed by atoms with Gasteiger partial charge in [-0.05, 0) is 24.2 Å². The Balaban J connectivity index is 2.90. The van der Waals surface area contributed by atoms with E-state index < -0.39 is 0 Å². The highest BCUT2D eigenvalue weighted by atomic mass is 32.2. The van der Waals surface area contributed by atoms with E-state index in [0.29, 0.717) is 5.92 Å². The summed E-state index contributed by atoms with van der Waals surface area (Å²) in [7, 11) is 0. The molecular formula is C11H18S2. The molecule has 0 aliphatic carbocycles. The molecule has 1 aromatic rings. The van der Waals surface area contributed by atoms with Crippen molar-refractivity contribution < 1.29 is 0 Å². The molecule has 1 aromatic heterocycles. The number of thioether (sulfide) groups is 1. The predicted molar refractivity (Wildman–Crippen MR) is 64.2 cm³/mol. The van der Waals surface area contributed by atoms with E-state index >= 15 is 0 Å². The fourth-order valence-corrected chi connectivity index (χ4v) is 3.44. The van der Waals surface area contributed by atoms with E-state index in [0.717, 1.165) is 0 Å². The average molecular weight is 214 g/mol. The lowest BCUT2D eigenvalue weighted by atomic mass is 10.2. The quantitative estimate of drug-likeness (QED) is 0.663. The predicted octanol–water partition coefficient (Wildman–Crippen LogP) is 4.55. The summed E-state index contributed by atoms with van der Waals surface area (Å²) in [5, 5.41) is 0. The lowest BCUT2D eigenvalue weighted by molar-refractivity contribution is 0.887. The Kier molecular flexibility index (Phi) is 4.33. The second-order valence-electron chi connectivity index (χ2n) is 3.38. The number of aryl methyl sites for hydroxylation is 1. The van der Waals surface area contributed by atoms with Gasteiger partial charge in [0.1, 0.15) is 0 Å². The highest BCUT2D eigenvalue weighted by Gasteiger charge is 2.09. The summed E-state index contributed by atoms with van der Waals surface area (Å²) in [4.78, 5) is 4.61. The van der Waals surface area contributed by atoms with Crippen LogP contribution in [0.2, 0.25) is 0 Å². The highest BCUT2D eigenvalue weighted by molar-refractivity contribution is 7.99. The number of rotatable bonds is 4. The van der Waals surface area contributed by atoms with Crippen LogP contribution in [-0.4, -0.2) is 5.75 Å². The summed E-state index contributed by atoms with van der Waals surface area (Å²) in [5.74, 6) is 1.86. The lowest BCUT2D eigenvalue weighted by Crippen LogP contribution is -1.78. The van der Waals surface area contributed by atoms with Gasteiger partial charge in [0.2, 0.25) is 0 Å². The van der Waals surface area contributed by atoms with Crippen LogP contribution in [0.1, 0.15) is 43.4 Å². The van der Waals surface area contributed by atoms with E-state index in [1.165, 1.54) is 21.9 Å². The van der Waals surface area contributed by atoms with Crippen molar-refractivity contribution in [1.82, 2.24) is 0 Å². The molecule has 0 atom stereocenters. The van der Waals surface area contributed by atoms with Crippen LogP contribution in [0.25, 0.3) is 0 Å². The molecular weight excluding hydrogens is 196 g/mol. The molecule has 0 spiro atoms. The van der Waals surface area contributed by atoms with E-state index in [1.54, 1.807) is 4.88 Å². The highest BCUT2D eigenvalue weighted by Crippen LogP contribution is 2.34. The Morgan fingerprint density at radius 2 is 2.08 bits per heavy atom. The van der Waals surface area contributed by atoms with Crippen molar-refractivity contribution in [3.8, 4) is 0 Å².